The van der Waals surface area contributed by atoms with Crippen molar-refractivity contribution in [2.24, 2.45) is 4.99 Å². The second kappa shape index (κ2) is 5.27. The number of Topliss-reactive ketones (excluding diaryl/α,β-unsaturated/α-hetero) is 1. The molecule has 1 fully saturated rings. The number of hydrogen-bond donors (Lipinski definition) is 1. The van der Waals surface area contributed by atoms with Crippen LogP contribution in [0.1, 0.15) is 33.5 Å². The average Bonchev–Trinajstić information content (AvgIpc) is 2.94. The number of nitriles is 1. The predicted octanol–water partition coefficient (Wildman–Crippen LogP) is 3.04. The summed E-state index contributed by atoms with van der Waals surface area (Å²) in [6, 6.07) is 13.1. The molecule has 25 heavy (non-hydrogen) atoms. The normalized spacial score (nSPS) is 21.4. The van der Waals surface area contributed by atoms with Crippen LogP contribution >= 0.6 is 0 Å². The third kappa shape index (κ3) is 2.19. The molecule has 1 saturated heterocycles. The van der Waals surface area contributed by atoms with Crippen molar-refractivity contribution in [2.75, 3.05) is 11.4 Å². The Hall–Kier alpha value is -2.97. The number of carbonyl (C=O) groups excluding carboxylic acids is 1. The first-order valence-corrected chi connectivity index (χ1v) is 8.19. The van der Waals surface area contributed by atoms with Gasteiger partial charge in [0.05, 0.1) is 17.3 Å². The van der Waals surface area contributed by atoms with Gasteiger partial charge in [0, 0.05) is 24.2 Å². The maximum Gasteiger partial charge on any atom is 0.204 e. The van der Waals surface area contributed by atoms with Crippen molar-refractivity contribution in [2.45, 2.75) is 25.9 Å². The Morgan fingerprint density at radius 1 is 1.24 bits per heavy atom. The smallest absolute Gasteiger partial charge is 0.204 e. The molecule has 2 aliphatic rings. The molecule has 0 radical (unpaired) electrons. The van der Waals surface area contributed by atoms with E-state index in [1.54, 1.807) is 12.1 Å². The number of aliphatic hydroxyl groups is 1. The van der Waals surface area contributed by atoms with Crippen LogP contribution in [0, 0.1) is 25.2 Å². The molecule has 1 atom stereocenters. The van der Waals surface area contributed by atoms with E-state index in [0.717, 1.165) is 16.8 Å². The van der Waals surface area contributed by atoms with Gasteiger partial charge in [-0.25, -0.2) is 4.99 Å². The number of ketones is 1. The number of anilines is 1. The molecule has 1 unspecified atom stereocenters. The first-order chi connectivity index (χ1) is 11.9. The van der Waals surface area contributed by atoms with Crippen LogP contribution in [0.25, 0.3) is 0 Å². The largest absolute Gasteiger partial charge is 0.374 e. The first kappa shape index (κ1) is 15.6. The van der Waals surface area contributed by atoms with Crippen LogP contribution in [0.5, 0.6) is 0 Å². The minimum Gasteiger partial charge on any atom is -0.374 e. The molecule has 2 aromatic rings. The fourth-order valence-corrected chi connectivity index (χ4v) is 3.54. The van der Waals surface area contributed by atoms with E-state index < -0.39 is 5.60 Å². The van der Waals surface area contributed by atoms with Crippen LogP contribution in [-0.2, 0) is 0 Å². The molecular weight excluding hydrogens is 314 g/mol. The Kier molecular flexibility index (Phi) is 3.28. The number of amidine groups is 1. The lowest BCUT2D eigenvalue weighted by Gasteiger charge is -2.30. The highest BCUT2D eigenvalue weighted by atomic mass is 16.3. The Bertz CT molecular complexity index is 987. The molecule has 4 rings (SSSR count). The highest BCUT2D eigenvalue weighted by Crippen LogP contribution is 2.39. The molecule has 2 aliphatic heterocycles. The first-order valence-electron chi connectivity index (χ1n) is 8.19. The number of nitrogens with zero attached hydrogens (tertiary/aromatic N) is 3. The van der Waals surface area contributed by atoms with Gasteiger partial charge in [0.2, 0.25) is 5.78 Å². The molecule has 0 spiro atoms. The van der Waals surface area contributed by atoms with Crippen molar-refractivity contribution in [1.29, 1.82) is 5.26 Å². The summed E-state index contributed by atoms with van der Waals surface area (Å²) in [6.45, 7) is 4.28. The second-order valence-electron chi connectivity index (χ2n) is 6.66. The second-order valence-corrected chi connectivity index (χ2v) is 6.66. The molecule has 0 saturated carbocycles. The summed E-state index contributed by atoms with van der Waals surface area (Å²) in [7, 11) is 0. The summed E-state index contributed by atoms with van der Waals surface area (Å²) in [4.78, 5) is 19.4. The molecule has 1 N–H and O–H groups in total. The lowest BCUT2D eigenvalue weighted by molar-refractivity contribution is 0.0602. The summed E-state index contributed by atoms with van der Waals surface area (Å²) in [6.07, 6.45) is 0.303. The van der Waals surface area contributed by atoms with Crippen LogP contribution in [0.2, 0.25) is 0 Å². The summed E-state index contributed by atoms with van der Waals surface area (Å²) >= 11 is 0. The van der Waals surface area contributed by atoms with Gasteiger partial charge < -0.3 is 10.0 Å². The number of carbonyl (C=O) groups is 1. The van der Waals surface area contributed by atoms with Crippen molar-refractivity contribution >= 4 is 23.0 Å². The standard InChI is InChI=1S/C20H17N3O2/c1-12-3-6-17-16(9-12)18(24)20(25)7-8-23(19(20)22-17)15-5-4-14(11-21)13(2)10-15/h3-6,9-10,25H,7-8H2,1-2H3. The fraction of sp³-hybridized carbons (Fsp3) is 0.250. The summed E-state index contributed by atoms with van der Waals surface area (Å²) in [5.41, 5.74) is 2.75. The van der Waals surface area contributed by atoms with Gasteiger partial charge in [-0.3, -0.25) is 4.79 Å². The molecule has 0 aromatic heterocycles. The van der Waals surface area contributed by atoms with Gasteiger partial charge in [-0.15, -0.1) is 0 Å². The van der Waals surface area contributed by atoms with Gasteiger partial charge >= 0.3 is 0 Å². The Morgan fingerprint density at radius 3 is 2.76 bits per heavy atom. The molecule has 0 bridgehead atoms. The van der Waals surface area contributed by atoms with Gasteiger partial charge in [0.1, 0.15) is 5.84 Å². The van der Waals surface area contributed by atoms with E-state index in [-0.39, 0.29) is 5.78 Å². The minimum atomic E-state index is -1.58. The number of aryl methyl sites for hydroxylation is 2. The molecule has 5 nitrogen and oxygen atoms in total. The van der Waals surface area contributed by atoms with Crippen LogP contribution in [0.15, 0.2) is 41.4 Å². The number of aliphatic imine (C=N–C) groups is 1. The van der Waals surface area contributed by atoms with Crippen LogP contribution in [0.4, 0.5) is 11.4 Å². The quantitative estimate of drug-likeness (QED) is 0.871. The fourth-order valence-electron chi connectivity index (χ4n) is 3.54. The van der Waals surface area contributed by atoms with E-state index in [1.165, 1.54) is 0 Å². The third-order valence-electron chi connectivity index (χ3n) is 4.96. The molecule has 0 aliphatic carbocycles. The van der Waals surface area contributed by atoms with Crippen molar-refractivity contribution < 1.29 is 9.90 Å². The van der Waals surface area contributed by atoms with Crippen molar-refractivity contribution in [3.63, 3.8) is 0 Å². The highest BCUT2D eigenvalue weighted by Gasteiger charge is 2.52. The lowest BCUT2D eigenvalue weighted by atomic mass is 9.87. The van der Waals surface area contributed by atoms with Gasteiger partial charge in [-0.1, -0.05) is 11.6 Å². The Labute approximate surface area is 145 Å². The zero-order chi connectivity index (χ0) is 17.8. The lowest BCUT2D eigenvalue weighted by Crippen LogP contribution is -2.48. The zero-order valence-electron chi connectivity index (χ0n) is 14.1. The van der Waals surface area contributed by atoms with Gasteiger partial charge in [0.25, 0.3) is 0 Å². The topological polar surface area (TPSA) is 76.7 Å². The number of rotatable bonds is 1. The highest BCUT2D eigenvalue weighted by molar-refractivity contribution is 6.28. The van der Waals surface area contributed by atoms with Gasteiger partial charge in [0.15, 0.2) is 5.60 Å². The summed E-state index contributed by atoms with van der Waals surface area (Å²) in [5, 5.41) is 20.1. The van der Waals surface area contributed by atoms with E-state index >= 15 is 0 Å². The Balaban J connectivity index is 1.84. The van der Waals surface area contributed by atoms with E-state index in [4.69, 9.17) is 5.26 Å². The molecule has 0 amide bonds. The van der Waals surface area contributed by atoms with E-state index in [0.29, 0.717) is 35.6 Å². The molecular formula is C20H17N3O2. The third-order valence-corrected chi connectivity index (χ3v) is 4.96. The van der Waals surface area contributed by atoms with Crippen molar-refractivity contribution in [3.05, 3.63) is 58.7 Å². The summed E-state index contributed by atoms with van der Waals surface area (Å²) in [5.74, 6) is 0.0852. The molecule has 124 valence electrons. The van der Waals surface area contributed by atoms with E-state index in [2.05, 4.69) is 11.1 Å². The molecule has 5 heteroatoms. The zero-order valence-corrected chi connectivity index (χ0v) is 14.1. The SMILES string of the molecule is Cc1ccc2c(c1)C(=O)C1(O)CCN(c3ccc(C#N)c(C)c3)C1=N2. The van der Waals surface area contributed by atoms with Gasteiger partial charge in [-0.05, 0) is 49.7 Å². The summed E-state index contributed by atoms with van der Waals surface area (Å²) < 4.78 is 0. The number of hydrogen-bond acceptors (Lipinski definition) is 5. The van der Waals surface area contributed by atoms with Crippen molar-refractivity contribution in [1.82, 2.24) is 0 Å². The predicted molar refractivity (Wildman–Crippen MR) is 95.4 cm³/mol. The van der Waals surface area contributed by atoms with Gasteiger partial charge in [-0.2, -0.15) is 5.26 Å². The number of benzene rings is 2. The minimum absolute atomic E-state index is 0.288. The average molecular weight is 331 g/mol. The maximum absolute atomic E-state index is 12.9. The monoisotopic (exact) mass is 331 g/mol. The molecule has 2 aromatic carbocycles. The van der Waals surface area contributed by atoms with Crippen LogP contribution in [-0.4, -0.2) is 28.9 Å². The maximum atomic E-state index is 12.9. The van der Waals surface area contributed by atoms with Crippen LogP contribution < -0.4 is 4.90 Å². The van der Waals surface area contributed by atoms with Crippen molar-refractivity contribution in [3.8, 4) is 6.07 Å². The van der Waals surface area contributed by atoms with Crippen LogP contribution in [0.3, 0.4) is 0 Å². The Morgan fingerprint density at radius 2 is 2.04 bits per heavy atom. The number of fused-ring (bicyclic) bond motifs is 2. The van der Waals surface area contributed by atoms with E-state index in [9.17, 15) is 9.90 Å². The van der Waals surface area contributed by atoms with E-state index in [1.807, 2.05) is 43.0 Å². The molecule has 2 heterocycles.